The average molecular weight is 351 g/mol. The van der Waals surface area contributed by atoms with Crippen molar-refractivity contribution in [3.05, 3.63) is 46.9 Å². The van der Waals surface area contributed by atoms with Gasteiger partial charge >= 0.3 is 0 Å². The fourth-order valence-electron chi connectivity index (χ4n) is 2.08. The number of benzene rings is 2. The Balaban J connectivity index is 2.26. The number of nitrogens with zero attached hydrogens (tertiary/aromatic N) is 1. The SMILES string of the molecule is CS(=O)(=O)c1cccc2[nH]c(-c3cccc(Br)c3)nc12. The molecule has 0 atom stereocenters. The van der Waals surface area contributed by atoms with Crippen molar-refractivity contribution in [1.29, 1.82) is 0 Å². The molecule has 2 aromatic carbocycles. The minimum Gasteiger partial charge on any atom is -0.338 e. The Labute approximate surface area is 124 Å². The van der Waals surface area contributed by atoms with Gasteiger partial charge in [-0.1, -0.05) is 34.1 Å². The third kappa shape index (κ3) is 2.36. The molecule has 0 saturated heterocycles. The molecule has 0 aliphatic heterocycles. The van der Waals surface area contributed by atoms with Crippen LogP contribution in [0.5, 0.6) is 0 Å². The summed E-state index contributed by atoms with van der Waals surface area (Å²) in [4.78, 5) is 7.83. The number of aromatic nitrogens is 2. The van der Waals surface area contributed by atoms with Crippen molar-refractivity contribution in [3.8, 4) is 11.4 Å². The molecule has 0 spiro atoms. The number of H-pyrrole nitrogens is 1. The lowest BCUT2D eigenvalue weighted by molar-refractivity contribution is 0.602. The van der Waals surface area contributed by atoms with Crippen LogP contribution in [0.25, 0.3) is 22.4 Å². The smallest absolute Gasteiger partial charge is 0.177 e. The van der Waals surface area contributed by atoms with Crippen LogP contribution in [0.15, 0.2) is 51.8 Å². The van der Waals surface area contributed by atoms with E-state index < -0.39 is 9.84 Å². The summed E-state index contributed by atoms with van der Waals surface area (Å²) in [5.74, 6) is 0.650. The van der Waals surface area contributed by atoms with Gasteiger partial charge in [0, 0.05) is 16.3 Å². The topological polar surface area (TPSA) is 62.8 Å². The predicted octanol–water partition coefficient (Wildman–Crippen LogP) is 3.40. The number of imidazole rings is 1. The van der Waals surface area contributed by atoms with Gasteiger partial charge in [-0.2, -0.15) is 0 Å². The molecule has 0 radical (unpaired) electrons. The molecule has 3 rings (SSSR count). The van der Waals surface area contributed by atoms with Gasteiger partial charge in [0.05, 0.1) is 10.4 Å². The zero-order chi connectivity index (χ0) is 14.3. The molecule has 20 heavy (non-hydrogen) atoms. The number of hydrogen-bond donors (Lipinski definition) is 1. The number of para-hydroxylation sites is 1. The van der Waals surface area contributed by atoms with Crippen LogP contribution in [-0.2, 0) is 9.84 Å². The number of halogens is 1. The highest BCUT2D eigenvalue weighted by Gasteiger charge is 2.15. The fraction of sp³-hybridized carbons (Fsp3) is 0.0714. The van der Waals surface area contributed by atoms with Crippen LogP contribution >= 0.6 is 15.9 Å². The van der Waals surface area contributed by atoms with Gasteiger partial charge in [-0.3, -0.25) is 0 Å². The molecule has 0 unspecified atom stereocenters. The molecular weight excluding hydrogens is 340 g/mol. The van der Waals surface area contributed by atoms with Crippen LogP contribution in [0, 0.1) is 0 Å². The maximum atomic E-state index is 11.8. The molecule has 0 amide bonds. The van der Waals surface area contributed by atoms with E-state index >= 15 is 0 Å². The highest BCUT2D eigenvalue weighted by atomic mass is 79.9. The molecule has 1 aromatic heterocycles. The molecule has 3 aromatic rings. The van der Waals surface area contributed by atoms with Crippen LogP contribution < -0.4 is 0 Å². The van der Waals surface area contributed by atoms with Crippen LogP contribution in [0.4, 0.5) is 0 Å². The Bertz CT molecular complexity index is 900. The second-order valence-corrected chi connectivity index (χ2v) is 7.42. The lowest BCUT2D eigenvalue weighted by Gasteiger charge is -1.97. The number of fused-ring (bicyclic) bond motifs is 1. The number of aromatic amines is 1. The van der Waals surface area contributed by atoms with Gasteiger partial charge in [-0.05, 0) is 24.3 Å². The summed E-state index contributed by atoms with van der Waals surface area (Å²) in [5, 5.41) is 0. The Morgan fingerprint density at radius 1 is 1.15 bits per heavy atom. The van der Waals surface area contributed by atoms with E-state index in [2.05, 4.69) is 25.9 Å². The Hall–Kier alpha value is -1.66. The summed E-state index contributed by atoms with van der Waals surface area (Å²) < 4.78 is 24.5. The summed E-state index contributed by atoms with van der Waals surface area (Å²) in [6, 6.07) is 12.8. The van der Waals surface area contributed by atoms with Crippen molar-refractivity contribution in [2.45, 2.75) is 4.90 Å². The van der Waals surface area contributed by atoms with E-state index in [1.165, 1.54) is 6.26 Å². The van der Waals surface area contributed by atoms with E-state index in [0.29, 0.717) is 16.9 Å². The van der Waals surface area contributed by atoms with E-state index in [1.54, 1.807) is 12.1 Å². The summed E-state index contributed by atoms with van der Waals surface area (Å²) in [6.07, 6.45) is 1.19. The minimum absolute atomic E-state index is 0.243. The molecule has 0 saturated carbocycles. The van der Waals surface area contributed by atoms with Crippen LogP contribution in [0.3, 0.4) is 0 Å². The molecule has 0 aliphatic rings. The molecule has 1 heterocycles. The second-order valence-electron chi connectivity index (χ2n) is 4.52. The normalized spacial score (nSPS) is 11.9. The second kappa shape index (κ2) is 4.71. The largest absolute Gasteiger partial charge is 0.338 e. The van der Waals surface area contributed by atoms with E-state index in [4.69, 9.17) is 0 Å². The van der Waals surface area contributed by atoms with Crippen molar-refractivity contribution < 1.29 is 8.42 Å². The van der Waals surface area contributed by atoms with Gasteiger partial charge in [-0.25, -0.2) is 13.4 Å². The first-order chi connectivity index (χ1) is 9.45. The first kappa shape index (κ1) is 13.3. The van der Waals surface area contributed by atoms with Crippen molar-refractivity contribution in [3.63, 3.8) is 0 Å². The Kier molecular flexibility index (Phi) is 3.14. The van der Waals surface area contributed by atoms with Gasteiger partial charge in [-0.15, -0.1) is 0 Å². The van der Waals surface area contributed by atoms with Gasteiger partial charge in [0.1, 0.15) is 11.3 Å². The molecule has 102 valence electrons. The van der Waals surface area contributed by atoms with E-state index in [1.807, 2.05) is 30.3 Å². The van der Waals surface area contributed by atoms with Crippen LogP contribution in [0.1, 0.15) is 0 Å². The lowest BCUT2D eigenvalue weighted by Crippen LogP contribution is -1.97. The van der Waals surface area contributed by atoms with Crippen molar-refractivity contribution in [1.82, 2.24) is 9.97 Å². The predicted molar refractivity (Wildman–Crippen MR) is 82.3 cm³/mol. The summed E-state index contributed by atoms with van der Waals surface area (Å²) in [6.45, 7) is 0. The maximum absolute atomic E-state index is 11.8. The third-order valence-corrected chi connectivity index (χ3v) is 4.59. The summed E-state index contributed by atoms with van der Waals surface area (Å²) in [7, 11) is -3.30. The zero-order valence-electron chi connectivity index (χ0n) is 10.6. The number of sulfone groups is 1. The van der Waals surface area contributed by atoms with Crippen molar-refractivity contribution >= 4 is 36.8 Å². The van der Waals surface area contributed by atoms with Gasteiger partial charge in [0.25, 0.3) is 0 Å². The number of rotatable bonds is 2. The fourth-order valence-corrected chi connectivity index (χ4v) is 3.31. The highest BCUT2D eigenvalue weighted by molar-refractivity contribution is 9.10. The molecule has 6 heteroatoms. The van der Waals surface area contributed by atoms with Crippen LogP contribution in [0.2, 0.25) is 0 Å². The minimum atomic E-state index is -3.30. The van der Waals surface area contributed by atoms with Gasteiger partial charge < -0.3 is 4.98 Å². The van der Waals surface area contributed by atoms with Gasteiger partial charge in [0.15, 0.2) is 9.84 Å². The number of nitrogens with one attached hydrogen (secondary N) is 1. The average Bonchev–Trinajstić information content (AvgIpc) is 2.81. The molecule has 0 bridgehead atoms. The Morgan fingerprint density at radius 3 is 2.60 bits per heavy atom. The molecule has 0 fully saturated rings. The molecule has 1 N–H and O–H groups in total. The summed E-state index contributed by atoms with van der Waals surface area (Å²) in [5.41, 5.74) is 2.09. The first-order valence-corrected chi connectivity index (χ1v) is 8.58. The quantitative estimate of drug-likeness (QED) is 0.770. The number of hydrogen-bond acceptors (Lipinski definition) is 3. The zero-order valence-corrected chi connectivity index (χ0v) is 13.0. The third-order valence-electron chi connectivity index (χ3n) is 2.97. The highest BCUT2D eigenvalue weighted by Crippen LogP contribution is 2.26. The van der Waals surface area contributed by atoms with Crippen LogP contribution in [-0.4, -0.2) is 24.6 Å². The Morgan fingerprint density at radius 2 is 1.90 bits per heavy atom. The van der Waals surface area contributed by atoms with E-state index in [-0.39, 0.29) is 4.90 Å². The first-order valence-electron chi connectivity index (χ1n) is 5.90. The lowest BCUT2D eigenvalue weighted by atomic mass is 10.2. The van der Waals surface area contributed by atoms with E-state index in [0.717, 1.165) is 10.0 Å². The molecule has 4 nitrogen and oxygen atoms in total. The van der Waals surface area contributed by atoms with Crippen molar-refractivity contribution in [2.75, 3.05) is 6.26 Å². The standard InChI is InChI=1S/C14H11BrN2O2S/c1-20(18,19)12-7-3-6-11-13(12)17-14(16-11)9-4-2-5-10(15)8-9/h2-8H,1H3,(H,16,17). The van der Waals surface area contributed by atoms with E-state index in [9.17, 15) is 8.42 Å². The molecular formula is C14H11BrN2O2S. The van der Waals surface area contributed by atoms with Gasteiger partial charge in [0.2, 0.25) is 0 Å². The summed E-state index contributed by atoms with van der Waals surface area (Å²) >= 11 is 3.41. The molecule has 0 aliphatic carbocycles. The van der Waals surface area contributed by atoms with Crippen molar-refractivity contribution in [2.24, 2.45) is 0 Å². The maximum Gasteiger partial charge on any atom is 0.177 e. The monoisotopic (exact) mass is 350 g/mol.